The molecule has 1 amide bonds. The predicted molar refractivity (Wildman–Crippen MR) is 164 cm³/mol. The Balaban J connectivity index is 1.17. The molecule has 5 rings (SSSR count). The van der Waals surface area contributed by atoms with Crippen LogP contribution in [0.25, 0.3) is 0 Å². The lowest BCUT2D eigenvalue weighted by Crippen LogP contribution is -2.40. The first-order chi connectivity index (χ1) is 18.7. The molecule has 3 N–H and O–H groups in total. The summed E-state index contributed by atoms with van der Waals surface area (Å²) in [6, 6.07) is 32.9. The lowest BCUT2D eigenvalue weighted by molar-refractivity contribution is 0.102. The molecule has 0 bridgehead atoms. The molecule has 6 heteroatoms. The van der Waals surface area contributed by atoms with E-state index in [4.69, 9.17) is 0 Å². The molecular formula is C33H37N5O. The van der Waals surface area contributed by atoms with Crippen LogP contribution in [0, 0.1) is 0 Å². The molecule has 2 unspecified atom stereocenters. The largest absolute Gasteiger partial charge is 0.378 e. The van der Waals surface area contributed by atoms with E-state index in [9.17, 15) is 4.79 Å². The Kier molecular flexibility index (Phi) is 7.20. The lowest BCUT2D eigenvalue weighted by Gasteiger charge is -2.33. The summed E-state index contributed by atoms with van der Waals surface area (Å²) in [7, 11) is 6.21. The summed E-state index contributed by atoms with van der Waals surface area (Å²) < 4.78 is 0. The zero-order valence-electron chi connectivity index (χ0n) is 23.3. The first-order valence-electron chi connectivity index (χ1n) is 13.4. The van der Waals surface area contributed by atoms with Crippen LogP contribution in [0.5, 0.6) is 0 Å². The van der Waals surface area contributed by atoms with E-state index < -0.39 is 0 Å². The van der Waals surface area contributed by atoms with E-state index in [1.807, 2.05) is 62.6 Å². The third kappa shape index (κ3) is 5.41. The number of anilines is 5. The van der Waals surface area contributed by atoms with E-state index in [-0.39, 0.29) is 11.3 Å². The quantitative estimate of drug-likeness (QED) is 0.224. The van der Waals surface area contributed by atoms with Crippen LogP contribution in [0.2, 0.25) is 0 Å². The average molecular weight is 520 g/mol. The molecule has 1 heterocycles. The number of likely N-dealkylation sites (N-methyl/N-ethyl adjacent to an activating group) is 1. The van der Waals surface area contributed by atoms with Gasteiger partial charge in [-0.1, -0.05) is 37.3 Å². The van der Waals surface area contributed by atoms with E-state index >= 15 is 0 Å². The molecule has 0 spiro atoms. The summed E-state index contributed by atoms with van der Waals surface area (Å²) in [5.74, 6) is -0.119. The van der Waals surface area contributed by atoms with Crippen molar-refractivity contribution in [3.05, 3.63) is 114 Å². The monoisotopic (exact) mass is 519 g/mol. The Labute approximate surface area is 231 Å². The zero-order chi connectivity index (χ0) is 27.6. The van der Waals surface area contributed by atoms with Gasteiger partial charge in [-0.05, 0) is 91.2 Å². The fraction of sp³-hybridized carbons (Fsp3) is 0.242. The van der Waals surface area contributed by atoms with Gasteiger partial charge in [0.25, 0.3) is 5.91 Å². The first-order valence-corrected chi connectivity index (χ1v) is 13.4. The first kappa shape index (κ1) is 26.2. The van der Waals surface area contributed by atoms with E-state index in [0.717, 1.165) is 29.2 Å². The van der Waals surface area contributed by atoms with Crippen molar-refractivity contribution in [2.75, 3.05) is 47.1 Å². The van der Waals surface area contributed by atoms with Gasteiger partial charge in [-0.3, -0.25) is 4.79 Å². The van der Waals surface area contributed by atoms with Crippen LogP contribution < -0.4 is 26.0 Å². The number of nitrogens with zero attached hydrogens (tertiary/aromatic N) is 2. The summed E-state index contributed by atoms with van der Waals surface area (Å²) in [5.41, 5.74) is 14.7. The number of hydrazine groups is 1. The van der Waals surface area contributed by atoms with Gasteiger partial charge >= 0.3 is 0 Å². The van der Waals surface area contributed by atoms with Crippen molar-refractivity contribution in [2.24, 2.45) is 0 Å². The Hall–Kier alpha value is -4.45. The molecule has 0 fully saturated rings. The molecule has 2 atom stereocenters. The second-order valence-corrected chi connectivity index (χ2v) is 10.8. The van der Waals surface area contributed by atoms with Crippen molar-refractivity contribution in [1.29, 1.82) is 0 Å². The van der Waals surface area contributed by atoms with Gasteiger partial charge in [0.2, 0.25) is 0 Å². The van der Waals surface area contributed by atoms with E-state index in [1.165, 1.54) is 16.8 Å². The van der Waals surface area contributed by atoms with E-state index in [0.29, 0.717) is 11.6 Å². The molecule has 1 aliphatic rings. The lowest BCUT2D eigenvalue weighted by atomic mass is 9.74. The average Bonchev–Trinajstić information content (AvgIpc) is 3.14. The van der Waals surface area contributed by atoms with Crippen LogP contribution in [0.1, 0.15) is 35.3 Å². The Morgan fingerprint density at radius 2 is 1.38 bits per heavy atom. The third-order valence-electron chi connectivity index (χ3n) is 8.07. The highest BCUT2D eigenvalue weighted by Gasteiger charge is 2.43. The zero-order valence-corrected chi connectivity index (χ0v) is 23.3. The van der Waals surface area contributed by atoms with Crippen LogP contribution >= 0.6 is 0 Å². The van der Waals surface area contributed by atoms with Gasteiger partial charge < -0.3 is 26.0 Å². The molecule has 1 aliphatic heterocycles. The smallest absolute Gasteiger partial charge is 0.255 e. The normalized spacial score (nSPS) is 17.9. The summed E-state index contributed by atoms with van der Waals surface area (Å²) in [4.78, 5) is 17.3. The van der Waals surface area contributed by atoms with Crippen LogP contribution in [0.3, 0.4) is 0 Å². The Morgan fingerprint density at radius 1 is 0.821 bits per heavy atom. The van der Waals surface area contributed by atoms with E-state index in [2.05, 4.69) is 95.4 Å². The molecular weight excluding hydrogens is 482 g/mol. The summed E-state index contributed by atoms with van der Waals surface area (Å²) in [6.07, 6.45) is 0.916. The molecule has 0 saturated heterocycles. The molecule has 39 heavy (non-hydrogen) atoms. The van der Waals surface area contributed by atoms with E-state index in [1.54, 1.807) is 0 Å². The summed E-state index contributed by atoms with van der Waals surface area (Å²) in [5, 5.41) is 3.00. The third-order valence-corrected chi connectivity index (χ3v) is 8.07. The second kappa shape index (κ2) is 10.7. The second-order valence-electron chi connectivity index (χ2n) is 10.8. The minimum atomic E-state index is -0.119. The van der Waals surface area contributed by atoms with Crippen molar-refractivity contribution < 1.29 is 4.79 Å². The standard InChI is InChI=1S/C33H37N5O/c1-23-33(2,30-8-6-7-9-31(30)38(23)5)22-24-10-12-25(13-11-24)32(39)34-26-14-16-27(17-15-26)35-36-28-18-20-29(21-19-28)37(3)4/h6-21,23,35-36H,22H2,1-5H3,(H,34,39). The Bertz CT molecular complexity index is 1430. The van der Waals surface area contributed by atoms with Crippen molar-refractivity contribution in [3.63, 3.8) is 0 Å². The van der Waals surface area contributed by atoms with Crippen molar-refractivity contribution in [2.45, 2.75) is 31.7 Å². The Morgan fingerprint density at radius 3 is 2.00 bits per heavy atom. The molecule has 0 saturated carbocycles. The number of rotatable bonds is 8. The topological polar surface area (TPSA) is 59.6 Å². The predicted octanol–water partition coefficient (Wildman–Crippen LogP) is 6.78. The molecule has 4 aromatic rings. The van der Waals surface area contributed by atoms with Crippen molar-refractivity contribution in [1.82, 2.24) is 0 Å². The fourth-order valence-electron chi connectivity index (χ4n) is 5.39. The van der Waals surface area contributed by atoms with Gasteiger partial charge in [0, 0.05) is 55.2 Å². The number of hydrogen-bond donors (Lipinski definition) is 3. The SMILES string of the molecule is CC1N(C)c2ccccc2C1(C)Cc1ccc(C(=O)Nc2ccc(NNc3ccc(N(C)C)cc3)cc2)cc1. The van der Waals surface area contributed by atoms with Gasteiger partial charge in [0.05, 0.1) is 11.4 Å². The molecule has 200 valence electrons. The number of nitrogens with one attached hydrogen (secondary N) is 3. The number of fused-ring (bicyclic) bond motifs is 1. The van der Waals surface area contributed by atoms with Gasteiger partial charge in [-0.2, -0.15) is 0 Å². The summed E-state index contributed by atoms with van der Waals surface area (Å²) in [6.45, 7) is 4.64. The van der Waals surface area contributed by atoms with Gasteiger partial charge in [0.15, 0.2) is 0 Å². The fourth-order valence-corrected chi connectivity index (χ4v) is 5.39. The maximum absolute atomic E-state index is 12.9. The number of carbonyl (C=O) groups excluding carboxylic acids is 1. The number of benzene rings is 4. The molecule has 0 aliphatic carbocycles. The van der Waals surface area contributed by atoms with Crippen LogP contribution in [-0.2, 0) is 11.8 Å². The van der Waals surface area contributed by atoms with Crippen LogP contribution in [0.15, 0.2) is 97.1 Å². The highest BCUT2D eigenvalue weighted by molar-refractivity contribution is 6.04. The highest BCUT2D eigenvalue weighted by atomic mass is 16.1. The van der Waals surface area contributed by atoms with Crippen molar-refractivity contribution >= 4 is 34.3 Å². The minimum Gasteiger partial charge on any atom is -0.378 e. The van der Waals surface area contributed by atoms with Gasteiger partial charge in [-0.15, -0.1) is 0 Å². The maximum atomic E-state index is 12.9. The molecule has 0 aromatic heterocycles. The number of hydrogen-bond acceptors (Lipinski definition) is 5. The van der Waals surface area contributed by atoms with Crippen LogP contribution in [-0.4, -0.2) is 33.1 Å². The molecule has 0 radical (unpaired) electrons. The van der Waals surface area contributed by atoms with Gasteiger partial charge in [0.1, 0.15) is 0 Å². The maximum Gasteiger partial charge on any atom is 0.255 e. The van der Waals surface area contributed by atoms with Gasteiger partial charge in [-0.25, -0.2) is 0 Å². The minimum absolute atomic E-state index is 0.00936. The van der Waals surface area contributed by atoms with Crippen LogP contribution in [0.4, 0.5) is 28.4 Å². The molecule has 4 aromatic carbocycles. The number of para-hydroxylation sites is 1. The van der Waals surface area contributed by atoms with Crippen molar-refractivity contribution in [3.8, 4) is 0 Å². The number of carbonyl (C=O) groups is 1. The molecule has 6 nitrogen and oxygen atoms in total. The highest BCUT2D eigenvalue weighted by Crippen LogP contribution is 2.46. The number of amides is 1. The summed E-state index contributed by atoms with van der Waals surface area (Å²) >= 11 is 0.